The quantitative estimate of drug-likeness (QED) is 0.660. The van der Waals surface area contributed by atoms with Crippen molar-refractivity contribution in [2.75, 3.05) is 32.8 Å². The summed E-state index contributed by atoms with van der Waals surface area (Å²) < 4.78 is 5.11. The highest BCUT2D eigenvalue weighted by Crippen LogP contribution is 2.28. The normalized spacial score (nSPS) is 20.1. The summed E-state index contributed by atoms with van der Waals surface area (Å²) in [7, 11) is 0. The summed E-state index contributed by atoms with van der Waals surface area (Å²) in [5.41, 5.74) is 5.53. The van der Waals surface area contributed by atoms with E-state index in [0.717, 1.165) is 19.5 Å². The van der Waals surface area contributed by atoms with E-state index in [1.165, 1.54) is 0 Å². The summed E-state index contributed by atoms with van der Waals surface area (Å²) in [6.45, 7) is 7.17. The number of ether oxygens (including phenoxy) is 1. The monoisotopic (exact) mass is 200 g/mol. The fourth-order valence-electron chi connectivity index (χ4n) is 1.66. The van der Waals surface area contributed by atoms with Crippen molar-refractivity contribution in [3.8, 4) is 0 Å². The zero-order chi connectivity index (χ0) is 10.6. The number of hydrogen-bond acceptors (Lipinski definition) is 3. The summed E-state index contributed by atoms with van der Waals surface area (Å²) in [4.78, 5) is 13.4. The molecule has 4 heteroatoms. The molecule has 0 saturated carbocycles. The Morgan fingerprint density at radius 2 is 2.29 bits per heavy atom. The van der Waals surface area contributed by atoms with Gasteiger partial charge in [0.05, 0.1) is 6.61 Å². The molecule has 1 heterocycles. The summed E-state index contributed by atoms with van der Waals surface area (Å²) in [6, 6.07) is 0. The Kier molecular flexibility index (Phi) is 3.89. The van der Waals surface area contributed by atoms with Gasteiger partial charge in [-0.25, -0.2) is 0 Å². The molecule has 0 aliphatic carbocycles. The molecule has 4 nitrogen and oxygen atoms in total. The van der Waals surface area contributed by atoms with Gasteiger partial charge in [0.2, 0.25) is 5.91 Å². The Morgan fingerprint density at radius 1 is 1.57 bits per heavy atom. The zero-order valence-corrected chi connectivity index (χ0v) is 9.08. The number of carbonyl (C=O) groups is 1. The highest BCUT2D eigenvalue weighted by atomic mass is 16.5. The van der Waals surface area contributed by atoms with Gasteiger partial charge in [0, 0.05) is 19.6 Å². The van der Waals surface area contributed by atoms with Gasteiger partial charge in [0.25, 0.3) is 0 Å². The van der Waals surface area contributed by atoms with Crippen LogP contribution in [-0.2, 0) is 9.53 Å². The second kappa shape index (κ2) is 4.75. The van der Waals surface area contributed by atoms with Gasteiger partial charge in [-0.05, 0) is 11.8 Å². The third kappa shape index (κ3) is 3.27. The Hall–Kier alpha value is -0.610. The van der Waals surface area contributed by atoms with Crippen LogP contribution in [0, 0.1) is 5.41 Å². The molecule has 0 aromatic rings. The molecular formula is C10H20N2O2. The third-order valence-electron chi connectivity index (χ3n) is 2.52. The Labute approximate surface area is 85.4 Å². The van der Waals surface area contributed by atoms with E-state index in [0.29, 0.717) is 13.2 Å². The van der Waals surface area contributed by atoms with Gasteiger partial charge in [0.15, 0.2) is 0 Å². The fraction of sp³-hybridized carbons (Fsp3) is 0.900. The lowest BCUT2D eigenvalue weighted by Crippen LogP contribution is -2.33. The first-order valence-electron chi connectivity index (χ1n) is 5.11. The van der Waals surface area contributed by atoms with Crippen LogP contribution in [0.4, 0.5) is 0 Å². The Bertz CT molecular complexity index is 204. The summed E-state index contributed by atoms with van der Waals surface area (Å²) in [5.74, 6) is 0.0871. The second-order valence-corrected chi connectivity index (χ2v) is 4.57. The van der Waals surface area contributed by atoms with Gasteiger partial charge in [-0.2, -0.15) is 0 Å². The van der Waals surface area contributed by atoms with E-state index < -0.39 is 0 Å². The predicted molar refractivity (Wildman–Crippen MR) is 54.9 cm³/mol. The molecule has 0 bridgehead atoms. The number of amides is 1. The molecule has 1 saturated heterocycles. The molecular weight excluding hydrogens is 180 g/mol. The van der Waals surface area contributed by atoms with Gasteiger partial charge >= 0.3 is 0 Å². The molecule has 1 amide bonds. The average molecular weight is 200 g/mol. The smallest absolute Gasteiger partial charge is 0.248 e. The number of nitrogens with two attached hydrogens (primary N) is 1. The molecule has 0 aromatic carbocycles. The first-order valence-corrected chi connectivity index (χ1v) is 5.11. The highest BCUT2D eigenvalue weighted by molar-refractivity contribution is 5.77. The highest BCUT2D eigenvalue weighted by Gasteiger charge is 2.31. The van der Waals surface area contributed by atoms with Crippen LogP contribution in [0.25, 0.3) is 0 Å². The van der Waals surface area contributed by atoms with E-state index in [1.54, 1.807) is 0 Å². The number of carbonyl (C=O) groups excluding carboxylic acids is 1. The van der Waals surface area contributed by atoms with Gasteiger partial charge in [-0.1, -0.05) is 13.8 Å². The maximum absolute atomic E-state index is 11.6. The Morgan fingerprint density at radius 3 is 2.79 bits per heavy atom. The SMILES string of the molecule is CC1(C)CCN(C(=O)COCCN)C1. The fourth-order valence-corrected chi connectivity index (χ4v) is 1.66. The van der Waals surface area contributed by atoms with E-state index >= 15 is 0 Å². The first-order chi connectivity index (χ1) is 6.55. The van der Waals surface area contributed by atoms with Gasteiger partial charge < -0.3 is 15.4 Å². The number of rotatable bonds is 4. The molecule has 0 radical (unpaired) electrons. The molecule has 0 unspecified atom stereocenters. The molecule has 1 rings (SSSR count). The average Bonchev–Trinajstić information content (AvgIpc) is 2.46. The Balaban J connectivity index is 2.25. The maximum atomic E-state index is 11.6. The van der Waals surface area contributed by atoms with Crippen molar-refractivity contribution in [1.82, 2.24) is 4.90 Å². The zero-order valence-electron chi connectivity index (χ0n) is 9.08. The molecule has 2 N–H and O–H groups in total. The topological polar surface area (TPSA) is 55.6 Å². The minimum absolute atomic E-state index is 0.0871. The minimum atomic E-state index is 0.0871. The van der Waals surface area contributed by atoms with Crippen molar-refractivity contribution >= 4 is 5.91 Å². The van der Waals surface area contributed by atoms with Crippen LogP contribution in [-0.4, -0.2) is 43.7 Å². The standard InChI is InChI=1S/C10H20N2O2/c1-10(2)3-5-12(8-10)9(13)7-14-6-4-11/h3-8,11H2,1-2H3. The molecule has 82 valence electrons. The molecule has 0 spiro atoms. The molecule has 1 fully saturated rings. The lowest BCUT2D eigenvalue weighted by atomic mass is 9.93. The lowest BCUT2D eigenvalue weighted by molar-refractivity contribution is -0.135. The van der Waals surface area contributed by atoms with Crippen LogP contribution < -0.4 is 5.73 Å². The molecule has 1 aliphatic heterocycles. The van der Waals surface area contributed by atoms with Crippen LogP contribution in [0.2, 0.25) is 0 Å². The largest absolute Gasteiger partial charge is 0.370 e. The molecule has 14 heavy (non-hydrogen) atoms. The maximum Gasteiger partial charge on any atom is 0.248 e. The third-order valence-corrected chi connectivity index (χ3v) is 2.52. The number of nitrogens with zero attached hydrogens (tertiary/aromatic N) is 1. The first kappa shape index (κ1) is 11.5. The van der Waals surface area contributed by atoms with Crippen molar-refractivity contribution in [2.45, 2.75) is 20.3 Å². The van der Waals surface area contributed by atoms with E-state index in [4.69, 9.17) is 10.5 Å². The molecule has 1 aliphatic rings. The summed E-state index contributed by atoms with van der Waals surface area (Å²) >= 11 is 0. The predicted octanol–water partition coefficient (Wildman–Crippen LogP) is 0.220. The summed E-state index contributed by atoms with van der Waals surface area (Å²) in [5, 5.41) is 0. The van der Waals surface area contributed by atoms with E-state index in [1.807, 2.05) is 4.90 Å². The van der Waals surface area contributed by atoms with Crippen molar-refractivity contribution in [3.05, 3.63) is 0 Å². The van der Waals surface area contributed by atoms with Crippen LogP contribution in [0.1, 0.15) is 20.3 Å². The van der Waals surface area contributed by atoms with Gasteiger partial charge in [-0.15, -0.1) is 0 Å². The van der Waals surface area contributed by atoms with Crippen molar-refractivity contribution < 1.29 is 9.53 Å². The van der Waals surface area contributed by atoms with Crippen LogP contribution in [0.3, 0.4) is 0 Å². The van der Waals surface area contributed by atoms with Crippen LogP contribution in [0.5, 0.6) is 0 Å². The van der Waals surface area contributed by atoms with Crippen LogP contribution in [0.15, 0.2) is 0 Å². The number of hydrogen-bond donors (Lipinski definition) is 1. The van der Waals surface area contributed by atoms with Crippen molar-refractivity contribution in [3.63, 3.8) is 0 Å². The van der Waals surface area contributed by atoms with Gasteiger partial charge in [0.1, 0.15) is 6.61 Å². The van der Waals surface area contributed by atoms with Crippen molar-refractivity contribution in [2.24, 2.45) is 11.1 Å². The van der Waals surface area contributed by atoms with Crippen LogP contribution >= 0.6 is 0 Å². The molecule has 0 atom stereocenters. The number of likely N-dealkylation sites (tertiary alicyclic amines) is 1. The van der Waals surface area contributed by atoms with E-state index in [-0.39, 0.29) is 17.9 Å². The van der Waals surface area contributed by atoms with Gasteiger partial charge in [-0.3, -0.25) is 4.79 Å². The summed E-state index contributed by atoms with van der Waals surface area (Å²) in [6.07, 6.45) is 1.08. The lowest BCUT2D eigenvalue weighted by Gasteiger charge is -2.19. The minimum Gasteiger partial charge on any atom is -0.370 e. The van der Waals surface area contributed by atoms with E-state index in [2.05, 4.69) is 13.8 Å². The van der Waals surface area contributed by atoms with E-state index in [9.17, 15) is 4.79 Å². The second-order valence-electron chi connectivity index (χ2n) is 4.57. The van der Waals surface area contributed by atoms with Crippen molar-refractivity contribution in [1.29, 1.82) is 0 Å². The molecule has 0 aromatic heterocycles.